The maximum absolute atomic E-state index is 12.0. The molecule has 1 amide bonds. The molecule has 0 saturated heterocycles. The molecule has 0 bridgehead atoms. The van der Waals surface area contributed by atoms with Crippen LogP contribution in [0.25, 0.3) is 0 Å². The SMILES string of the molecule is Cc1ccc(C(=O)NCCN(c2ccccc2)S(C)(=O)=O)cc1. The molecule has 2 aromatic rings. The van der Waals surface area contributed by atoms with Crippen LogP contribution in [0.4, 0.5) is 5.69 Å². The highest BCUT2D eigenvalue weighted by molar-refractivity contribution is 7.92. The standard InChI is InChI=1S/C17H20N2O3S/c1-14-8-10-15(11-9-14)17(20)18-12-13-19(23(2,21)22)16-6-4-3-5-7-16/h3-11H,12-13H2,1-2H3,(H,18,20). The number of sulfonamides is 1. The van der Waals surface area contributed by atoms with Crippen LogP contribution in [0.1, 0.15) is 15.9 Å². The molecule has 23 heavy (non-hydrogen) atoms. The Balaban J connectivity index is 2.00. The second-order valence-electron chi connectivity index (χ2n) is 5.29. The number of anilines is 1. The Kier molecular flexibility index (Phi) is 5.39. The van der Waals surface area contributed by atoms with Gasteiger partial charge in [-0.15, -0.1) is 0 Å². The summed E-state index contributed by atoms with van der Waals surface area (Å²) in [5.74, 6) is -0.216. The topological polar surface area (TPSA) is 66.5 Å². The number of hydrogen-bond donors (Lipinski definition) is 1. The zero-order valence-electron chi connectivity index (χ0n) is 13.2. The molecule has 0 aliphatic carbocycles. The van der Waals surface area contributed by atoms with Crippen LogP contribution in [0.5, 0.6) is 0 Å². The molecule has 2 rings (SSSR count). The van der Waals surface area contributed by atoms with E-state index >= 15 is 0 Å². The molecule has 0 radical (unpaired) electrons. The van der Waals surface area contributed by atoms with Gasteiger partial charge in [0.2, 0.25) is 10.0 Å². The first-order valence-corrected chi connectivity index (χ1v) is 9.10. The van der Waals surface area contributed by atoms with Crippen molar-refractivity contribution in [2.45, 2.75) is 6.92 Å². The largest absolute Gasteiger partial charge is 0.350 e. The summed E-state index contributed by atoms with van der Waals surface area (Å²) in [7, 11) is -3.40. The van der Waals surface area contributed by atoms with Crippen LogP contribution in [-0.2, 0) is 10.0 Å². The van der Waals surface area contributed by atoms with Crippen LogP contribution in [0.3, 0.4) is 0 Å². The van der Waals surface area contributed by atoms with E-state index in [0.717, 1.165) is 11.8 Å². The molecule has 0 spiro atoms. The van der Waals surface area contributed by atoms with Crippen molar-refractivity contribution < 1.29 is 13.2 Å². The van der Waals surface area contributed by atoms with E-state index in [0.29, 0.717) is 11.3 Å². The molecule has 0 fully saturated rings. The molecule has 0 heterocycles. The minimum atomic E-state index is -3.40. The first-order valence-electron chi connectivity index (χ1n) is 7.25. The first kappa shape index (κ1) is 17.0. The quantitative estimate of drug-likeness (QED) is 0.882. The number of nitrogens with one attached hydrogen (secondary N) is 1. The van der Waals surface area contributed by atoms with Crippen molar-refractivity contribution in [3.05, 3.63) is 65.7 Å². The lowest BCUT2D eigenvalue weighted by Crippen LogP contribution is -2.38. The van der Waals surface area contributed by atoms with Crippen LogP contribution in [0.2, 0.25) is 0 Å². The fourth-order valence-electron chi connectivity index (χ4n) is 2.16. The molecule has 0 aliphatic rings. The lowest BCUT2D eigenvalue weighted by Gasteiger charge is -2.22. The van der Waals surface area contributed by atoms with Gasteiger partial charge < -0.3 is 5.32 Å². The Bertz CT molecular complexity index is 756. The highest BCUT2D eigenvalue weighted by Gasteiger charge is 2.17. The molecule has 0 unspecified atom stereocenters. The number of carbonyl (C=O) groups excluding carboxylic acids is 1. The molecule has 122 valence electrons. The summed E-state index contributed by atoms with van der Waals surface area (Å²) in [5, 5.41) is 2.75. The van der Waals surface area contributed by atoms with Crippen molar-refractivity contribution >= 4 is 21.6 Å². The number of amides is 1. The lowest BCUT2D eigenvalue weighted by atomic mass is 10.1. The van der Waals surface area contributed by atoms with Gasteiger partial charge in [-0.3, -0.25) is 9.10 Å². The fraction of sp³-hybridized carbons (Fsp3) is 0.235. The van der Waals surface area contributed by atoms with Crippen molar-refractivity contribution in [2.75, 3.05) is 23.7 Å². The molecule has 0 aliphatic heterocycles. The maximum Gasteiger partial charge on any atom is 0.251 e. The Hall–Kier alpha value is -2.34. The molecule has 0 atom stereocenters. The van der Waals surface area contributed by atoms with Crippen molar-refractivity contribution in [3.63, 3.8) is 0 Å². The van der Waals surface area contributed by atoms with Gasteiger partial charge in [0.15, 0.2) is 0 Å². The minimum Gasteiger partial charge on any atom is -0.350 e. The van der Waals surface area contributed by atoms with Crippen LogP contribution in [0, 0.1) is 6.92 Å². The number of para-hydroxylation sites is 1. The summed E-state index contributed by atoms with van der Waals surface area (Å²) in [6.45, 7) is 2.36. The van der Waals surface area contributed by atoms with E-state index in [4.69, 9.17) is 0 Å². The monoisotopic (exact) mass is 332 g/mol. The predicted molar refractivity (Wildman–Crippen MR) is 92.1 cm³/mol. The molecule has 6 heteroatoms. The molecular formula is C17H20N2O3S. The number of hydrogen-bond acceptors (Lipinski definition) is 3. The Morgan fingerprint density at radius 1 is 1.04 bits per heavy atom. The average Bonchev–Trinajstić information content (AvgIpc) is 2.51. The zero-order valence-corrected chi connectivity index (χ0v) is 14.0. The van der Waals surface area contributed by atoms with Crippen molar-refractivity contribution in [3.8, 4) is 0 Å². The van der Waals surface area contributed by atoms with Gasteiger partial charge in [0, 0.05) is 12.1 Å². The van der Waals surface area contributed by atoms with E-state index < -0.39 is 10.0 Å². The molecule has 2 aromatic carbocycles. The van der Waals surface area contributed by atoms with Crippen LogP contribution in [0.15, 0.2) is 54.6 Å². The second-order valence-corrected chi connectivity index (χ2v) is 7.20. The van der Waals surface area contributed by atoms with E-state index in [1.54, 1.807) is 36.4 Å². The Morgan fingerprint density at radius 3 is 2.22 bits per heavy atom. The van der Waals surface area contributed by atoms with Crippen LogP contribution in [-0.4, -0.2) is 33.7 Å². The normalized spacial score (nSPS) is 11.0. The molecular weight excluding hydrogens is 312 g/mol. The number of benzene rings is 2. The molecule has 5 nitrogen and oxygen atoms in total. The maximum atomic E-state index is 12.0. The highest BCUT2D eigenvalue weighted by atomic mass is 32.2. The minimum absolute atomic E-state index is 0.181. The third-order valence-corrected chi connectivity index (χ3v) is 4.55. The summed E-state index contributed by atoms with van der Waals surface area (Å²) < 4.78 is 25.1. The van der Waals surface area contributed by atoms with Gasteiger partial charge in [0.25, 0.3) is 5.91 Å². The van der Waals surface area contributed by atoms with E-state index in [1.165, 1.54) is 4.31 Å². The number of carbonyl (C=O) groups is 1. The van der Waals surface area contributed by atoms with Crippen LogP contribution < -0.4 is 9.62 Å². The summed E-state index contributed by atoms with van der Waals surface area (Å²) in [5.41, 5.74) is 2.22. The average molecular weight is 332 g/mol. The van der Waals surface area contributed by atoms with Crippen molar-refractivity contribution in [2.24, 2.45) is 0 Å². The third-order valence-electron chi connectivity index (χ3n) is 3.36. The fourth-order valence-corrected chi connectivity index (χ4v) is 3.09. The summed E-state index contributed by atoms with van der Waals surface area (Å²) >= 11 is 0. The smallest absolute Gasteiger partial charge is 0.251 e. The highest BCUT2D eigenvalue weighted by Crippen LogP contribution is 2.15. The van der Waals surface area contributed by atoms with Gasteiger partial charge in [-0.1, -0.05) is 35.9 Å². The van der Waals surface area contributed by atoms with E-state index in [9.17, 15) is 13.2 Å². The Morgan fingerprint density at radius 2 is 1.65 bits per heavy atom. The summed E-state index contributed by atoms with van der Waals surface area (Å²) in [4.78, 5) is 12.0. The molecule has 0 aromatic heterocycles. The summed E-state index contributed by atoms with van der Waals surface area (Å²) in [6.07, 6.45) is 1.15. The molecule has 0 saturated carbocycles. The Labute approximate surface area is 137 Å². The predicted octanol–water partition coefficient (Wildman–Crippen LogP) is 2.19. The lowest BCUT2D eigenvalue weighted by molar-refractivity contribution is 0.0955. The first-order chi connectivity index (χ1) is 10.9. The van der Waals surface area contributed by atoms with Gasteiger partial charge in [-0.05, 0) is 31.2 Å². The summed E-state index contributed by atoms with van der Waals surface area (Å²) in [6, 6.07) is 16.0. The van der Waals surface area contributed by atoms with Crippen molar-refractivity contribution in [1.82, 2.24) is 5.32 Å². The van der Waals surface area contributed by atoms with E-state index in [2.05, 4.69) is 5.32 Å². The number of rotatable bonds is 6. The van der Waals surface area contributed by atoms with E-state index in [-0.39, 0.29) is 19.0 Å². The van der Waals surface area contributed by atoms with Crippen molar-refractivity contribution in [1.29, 1.82) is 0 Å². The molecule has 1 N–H and O–H groups in total. The van der Waals surface area contributed by atoms with Gasteiger partial charge in [0.05, 0.1) is 18.5 Å². The third kappa shape index (κ3) is 4.82. The number of aryl methyl sites for hydroxylation is 1. The van der Waals surface area contributed by atoms with Crippen LogP contribution >= 0.6 is 0 Å². The second kappa shape index (κ2) is 7.28. The van der Waals surface area contributed by atoms with Gasteiger partial charge in [-0.25, -0.2) is 8.42 Å². The van der Waals surface area contributed by atoms with Gasteiger partial charge >= 0.3 is 0 Å². The van der Waals surface area contributed by atoms with E-state index in [1.807, 2.05) is 25.1 Å². The number of nitrogens with zero attached hydrogens (tertiary/aromatic N) is 1. The van der Waals surface area contributed by atoms with Gasteiger partial charge in [0.1, 0.15) is 0 Å². The zero-order chi connectivity index (χ0) is 16.9. The van der Waals surface area contributed by atoms with Gasteiger partial charge in [-0.2, -0.15) is 0 Å².